The number of nitrogens with one attached hydrogen (secondary N) is 1. The summed E-state index contributed by atoms with van der Waals surface area (Å²) >= 11 is 6.00. The monoisotopic (exact) mass is 253 g/mol. The minimum atomic E-state index is 0.0269. The number of hydrogen-bond acceptors (Lipinski definition) is 2. The minimum absolute atomic E-state index is 0.0269. The van der Waals surface area contributed by atoms with Gasteiger partial charge in [0.15, 0.2) is 0 Å². The molecule has 1 aromatic rings. The first kappa shape index (κ1) is 12.7. The van der Waals surface area contributed by atoms with E-state index in [9.17, 15) is 0 Å². The smallest absolute Gasteiger partial charge is 0.122 e. The van der Waals surface area contributed by atoms with Crippen molar-refractivity contribution < 1.29 is 4.74 Å². The lowest BCUT2D eigenvalue weighted by molar-refractivity contribution is 0.305. The molecule has 2 nitrogen and oxygen atoms in total. The summed E-state index contributed by atoms with van der Waals surface area (Å²) in [6.45, 7) is 6.03. The second kappa shape index (κ2) is 5.28. The van der Waals surface area contributed by atoms with Crippen LogP contribution in [0.25, 0.3) is 0 Å². The highest BCUT2D eigenvalue weighted by molar-refractivity contribution is 6.18. The van der Waals surface area contributed by atoms with Crippen molar-refractivity contribution in [2.45, 2.75) is 31.7 Å². The summed E-state index contributed by atoms with van der Waals surface area (Å²) < 4.78 is 5.67. The van der Waals surface area contributed by atoms with Crippen molar-refractivity contribution in [3.05, 3.63) is 29.8 Å². The maximum atomic E-state index is 6.00. The molecule has 94 valence electrons. The quantitative estimate of drug-likeness (QED) is 0.814. The van der Waals surface area contributed by atoms with Crippen LogP contribution in [-0.4, -0.2) is 24.6 Å². The maximum absolute atomic E-state index is 6.00. The van der Waals surface area contributed by atoms with E-state index >= 15 is 0 Å². The van der Waals surface area contributed by atoms with Gasteiger partial charge in [0.05, 0.1) is 6.61 Å². The van der Waals surface area contributed by atoms with E-state index in [-0.39, 0.29) is 5.54 Å². The Morgan fingerprint density at radius 1 is 1.47 bits per heavy atom. The zero-order valence-corrected chi connectivity index (χ0v) is 11.3. The fourth-order valence-electron chi connectivity index (χ4n) is 2.03. The van der Waals surface area contributed by atoms with Gasteiger partial charge < -0.3 is 10.1 Å². The first-order valence-corrected chi connectivity index (χ1v) is 6.74. The first-order valence-electron chi connectivity index (χ1n) is 6.21. The van der Waals surface area contributed by atoms with Gasteiger partial charge in [0.25, 0.3) is 0 Å². The Hall–Kier alpha value is -0.730. The molecule has 17 heavy (non-hydrogen) atoms. The first-order chi connectivity index (χ1) is 8.18. The highest BCUT2D eigenvalue weighted by Crippen LogP contribution is 2.33. The molecule has 0 spiro atoms. The number of halogens is 1. The van der Waals surface area contributed by atoms with Gasteiger partial charge in [-0.05, 0) is 19.4 Å². The molecule has 2 unspecified atom stereocenters. The maximum Gasteiger partial charge on any atom is 0.122 e. The Morgan fingerprint density at radius 3 is 2.94 bits per heavy atom. The van der Waals surface area contributed by atoms with Gasteiger partial charge in [0.1, 0.15) is 5.75 Å². The van der Waals surface area contributed by atoms with E-state index in [1.54, 1.807) is 0 Å². The van der Waals surface area contributed by atoms with Gasteiger partial charge in [-0.2, -0.15) is 0 Å². The number of para-hydroxylation sites is 1. The van der Waals surface area contributed by atoms with E-state index < -0.39 is 0 Å². The Bertz CT molecular complexity index is 376. The molecule has 0 saturated carbocycles. The largest absolute Gasteiger partial charge is 0.493 e. The van der Waals surface area contributed by atoms with Crippen LogP contribution in [0.15, 0.2) is 24.3 Å². The third kappa shape index (κ3) is 2.75. The molecule has 1 aliphatic rings. The molecule has 0 aromatic heterocycles. The Balaban J connectivity index is 1.98. The summed E-state index contributed by atoms with van der Waals surface area (Å²) in [7, 11) is 0. The third-order valence-electron chi connectivity index (χ3n) is 3.65. The van der Waals surface area contributed by atoms with Crippen LogP contribution in [0.2, 0.25) is 0 Å². The van der Waals surface area contributed by atoms with Crippen molar-refractivity contribution in [2.75, 3.05) is 19.0 Å². The van der Waals surface area contributed by atoms with Crippen LogP contribution in [0.4, 0.5) is 0 Å². The van der Waals surface area contributed by atoms with Gasteiger partial charge in [-0.15, -0.1) is 11.6 Å². The number of ether oxygens (including phenoxy) is 1. The lowest BCUT2D eigenvalue weighted by atomic mass is 9.97. The van der Waals surface area contributed by atoms with Crippen molar-refractivity contribution in [3.8, 4) is 5.75 Å². The van der Waals surface area contributed by atoms with E-state index in [1.807, 2.05) is 12.1 Å². The minimum Gasteiger partial charge on any atom is -0.493 e. The fourth-order valence-corrected chi connectivity index (χ4v) is 2.32. The van der Waals surface area contributed by atoms with Crippen LogP contribution >= 0.6 is 11.6 Å². The van der Waals surface area contributed by atoms with Gasteiger partial charge in [-0.3, -0.25) is 0 Å². The fraction of sp³-hybridized carbons (Fsp3) is 0.571. The van der Waals surface area contributed by atoms with Gasteiger partial charge in [0.2, 0.25) is 0 Å². The molecular formula is C14H20ClNO. The molecular weight excluding hydrogens is 234 g/mol. The molecule has 0 saturated heterocycles. The van der Waals surface area contributed by atoms with Crippen molar-refractivity contribution >= 4 is 11.6 Å². The highest BCUT2D eigenvalue weighted by atomic mass is 35.5. The SMILES string of the molecule is CCC(C)(CCl)NCC1COc2ccccc21. The summed E-state index contributed by atoms with van der Waals surface area (Å²) in [5, 5.41) is 3.57. The molecule has 1 aliphatic heterocycles. The summed E-state index contributed by atoms with van der Waals surface area (Å²) in [6, 6.07) is 8.28. The topological polar surface area (TPSA) is 21.3 Å². The standard InChI is InChI=1S/C14H20ClNO/c1-3-14(2,10-15)16-8-11-9-17-13-7-5-4-6-12(11)13/h4-7,11,16H,3,8-10H2,1-2H3. The second-order valence-corrected chi connectivity index (χ2v) is 5.24. The molecule has 0 fully saturated rings. The molecule has 1 N–H and O–H groups in total. The lowest BCUT2D eigenvalue weighted by Crippen LogP contribution is -2.45. The van der Waals surface area contributed by atoms with Crippen LogP contribution in [0.3, 0.4) is 0 Å². The van der Waals surface area contributed by atoms with Gasteiger partial charge in [-0.1, -0.05) is 25.1 Å². The molecule has 1 heterocycles. The van der Waals surface area contributed by atoms with Crippen LogP contribution < -0.4 is 10.1 Å². The lowest BCUT2D eigenvalue weighted by Gasteiger charge is -2.28. The Morgan fingerprint density at radius 2 is 2.24 bits per heavy atom. The van der Waals surface area contributed by atoms with Gasteiger partial charge >= 0.3 is 0 Å². The molecule has 2 rings (SSSR count). The molecule has 0 bridgehead atoms. The number of benzene rings is 1. The number of alkyl halides is 1. The van der Waals surface area contributed by atoms with Crippen molar-refractivity contribution in [3.63, 3.8) is 0 Å². The van der Waals surface area contributed by atoms with E-state index in [1.165, 1.54) is 5.56 Å². The zero-order valence-electron chi connectivity index (χ0n) is 10.5. The van der Waals surface area contributed by atoms with Gasteiger partial charge in [0, 0.05) is 29.4 Å². The zero-order chi connectivity index (χ0) is 12.3. The number of fused-ring (bicyclic) bond motifs is 1. The normalized spacial score (nSPS) is 21.7. The second-order valence-electron chi connectivity index (χ2n) is 4.97. The summed E-state index contributed by atoms with van der Waals surface area (Å²) in [4.78, 5) is 0. The Labute approximate surface area is 108 Å². The molecule has 1 aromatic carbocycles. The molecule has 0 amide bonds. The average Bonchev–Trinajstić information content (AvgIpc) is 2.79. The van der Waals surface area contributed by atoms with E-state index in [0.717, 1.165) is 25.3 Å². The average molecular weight is 254 g/mol. The third-order valence-corrected chi connectivity index (χ3v) is 4.24. The van der Waals surface area contributed by atoms with E-state index in [2.05, 4.69) is 31.3 Å². The van der Waals surface area contributed by atoms with Crippen molar-refractivity contribution in [1.29, 1.82) is 0 Å². The van der Waals surface area contributed by atoms with Crippen LogP contribution in [0.5, 0.6) is 5.75 Å². The van der Waals surface area contributed by atoms with Crippen LogP contribution in [-0.2, 0) is 0 Å². The predicted molar refractivity (Wildman–Crippen MR) is 72.1 cm³/mol. The predicted octanol–water partition coefficient (Wildman–Crippen LogP) is 3.16. The van der Waals surface area contributed by atoms with E-state index in [0.29, 0.717) is 11.8 Å². The summed E-state index contributed by atoms with van der Waals surface area (Å²) in [5.41, 5.74) is 1.34. The molecule has 2 atom stereocenters. The van der Waals surface area contributed by atoms with Gasteiger partial charge in [-0.25, -0.2) is 0 Å². The molecule has 0 aliphatic carbocycles. The molecule has 3 heteroatoms. The Kier molecular flexibility index (Phi) is 3.95. The van der Waals surface area contributed by atoms with Crippen LogP contribution in [0.1, 0.15) is 31.7 Å². The van der Waals surface area contributed by atoms with Crippen molar-refractivity contribution in [1.82, 2.24) is 5.32 Å². The summed E-state index contributed by atoms with van der Waals surface area (Å²) in [6.07, 6.45) is 1.03. The van der Waals surface area contributed by atoms with Crippen LogP contribution in [0, 0.1) is 0 Å². The number of hydrogen-bond donors (Lipinski definition) is 1. The van der Waals surface area contributed by atoms with E-state index in [4.69, 9.17) is 16.3 Å². The summed E-state index contributed by atoms with van der Waals surface area (Å²) in [5.74, 6) is 2.11. The molecule has 0 radical (unpaired) electrons. The van der Waals surface area contributed by atoms with Crippen molar-refractivity contribution in [2.24, 2.45) is 0 Å². The number of rotatable bonds is 5. The highest BCUT2D eigenvalue weighted by Gasteiger charge is 2.27.